The zero-order valence-corrected chi connectivity index (χ0v) is 20.4. The summed E-state index contributed by atoms with van der Waals surface area (Å²) in [5.41, 5.74) is 2.17. The highest BCUT2D eigenvalue weighted by atomic mass is 32.1. The lowest BCUT2D eigenvalue weighted by Gasteiger charge is -2.28. The van der Waals surface area contributed by atoms with Crippen LogP contribution in [0.5, 0.6) is 5.75 Å². The number of aromatic nitrogens is 1. The van der Waals surface area contributed by atoms with Gasteiger partial charge in [-0.2, -0.15) is 0 Å². The van der Waals surface area contributed by atoms with Crippen LogP contribution in [-0.4, -0.2) is 65.9 Å². The van der Waals surface area contributed by atoms with E-state index in [1.165, 1.54) is 16.2 Å². The predicted molar refractivity (Wildman–Crippen MR) is 132 cm³/mol. The number of para-hydroxylation sites is 1. The number of thiazole rings is 1. The largest absolute Gasteiger partial charge is 0.503 e. The lowest BCUT2D eigenvalue weighted by molar-refractivity contribution is -0.129. The second-order valence-corrected chi connectivity index (χ2v) is 9.34. The van der Waals surface area contributed by atoms with E-state index in [4.69, 9.17) is 4.74 Å². The van der Waals surface area contributed by atoms with Crippen LogP contribution in [0.4, 0.5) is 0 Å². The van der Waals surface area contributed by atoms with Gasteiger partial charge >= 0.3 is 0 Å². The number of amides is 1. The van der Waals surface area contributed by atoms with Crippen LogP contribution in [0.25, 0.3) is 10.6 Å². The molecule has 0 spiro atoms. The molecular weight excluding hydrogens is 450 g/mol. The number of Topliss-reactive ketones (excluding diaryl/α,β-unsaturated/α-hetero) is 1. The molecule has 1 atom stereocenters. The lowest BCUT2D eigenvalue weighted by atomic mass is 9.94. The molecule has 1 aliphatic rings. The van der Waals surface area contributed by atoms with Gasteiger partial charge in [-0.15, -0.1) is 11.3 Å². The van der Waals surface area contributed by atoms with Crippen molar-refractivity contribution < 1.29 is 19.4 Å². The summed E-state index contributed by atoms with van der Waals surface area (Å²) in [5, 5.41) is 11.6. The van der Waals surface area contributed by atoms with Gasteiger partial charge in [-0.1, -0.05) is 48.5 Å². The Kier molecular flexibility index (Phi) is 6.81. The van der Waals surface area contributed by atoms with E-state index in [0.29, 0.717) is 40.0 Å². The van der Waals surface area contributed by atoms with Crippen LogP contribution in [0.15, 0.2) is 65.9 Å². The summed E-state index contributed by atoms with van der Waals surface area (Å²) in [4.78, 5) is 35.5. The van der Waals surface area contributed by atoms with Crippen molar-refractivity contribution in [2.24, 2.45) is 0 Å². The first kappa shape index (κ1) is 23.7. The Morgan fingerprint density at radius 2 is 1.82 bits per heavy atom. The minimum atomic E-state index is -0.766. The number of aliphatic hydroxyl groups is 1. The Hall–Kier alpha value is -3.49. The maximum atomic E-state index is 13.9. The fourth-order valence-corrected chi connectivity index (χ4v) is 5.10. The number of aryl methyl sites for hydroxylation is 1. The monoisotopic (exact) mass is 477 g/mol. The summed E-state index contributed by atoms with van der Waals surface area (Å²) in [5.74, 6) is -0.937. The summed E-state index contributed by atoms with van der Waals surface area (Å²) in [7, 11) is 5.36. The van der Waals surface area contributed by atoms with E-state index >= 15 is 0 Å². The van der Waals surface area contributed by atoms with Crippen LogP contribution in [0.2, 0.25) is 0 Å². The molecule has 0 bridgehead atoms. The number of benzene rings is 2. The number of carbonyl (C=O) groups excluding carboxylic acids is 2. The van der Waals surface area contributed by atoms with Crippen molar-refractivity contribution in [3.8, 4) is 16.3 Å². The third-order valence-electron chi connectivity index (χ3n) is 5.79. The van der Waals surface area contributed by atoms with Crippen molar-refractivity contribution in [1.29, 1.82) is 0 Å². The van der Waals surface area contributed by atoms with Crippen molar-refractivity contribution in [3.05, 3.63) is 82.1 Å². The first-order valence-electron chi connectivity index (χ1n) is 10.9. The van der Waals surface area contributed by atoms with Crippen LogP contribution in [0.3, 0.4) is 0 Å². The number of hydrogen-bond acceptors (Lipinski definition) is 7. The van der Waals surface area contributed by atoms with Gasteiger partial charge in [-0.25, -0.2) is 4.98 Å². The normalized spacial score (nSPS) is 16.0. The highest BCUT2D eigenvalue weighted by molar-refractivity contribution is 7.17. The molecule has 1 aliphatic heterocycles. The van der Waals surface area contributed by atoms with Crippen LogP contribution < -0.4 is 4.74 Å². The molecule has 0 fully saturated rings. The fourth-order valence-electron chi connectivity index (χ4n) is 4.07. The summed E-state index contributed by atoms with van der Waals surface area (Å²) >= 11 is 1.26. The van der Waals surface area contributed by atoms with Gasteiger partial charge in [0.2, 0.25) is 5.78 Å². The minimum Gasteiger partial charge on any atom is -0.503 e. The third-order valence-corrected chi connectivity index (χ3v) is 7.00. The number of methoxy groups -OCH3 is 1. The van der Waals surface area contributed by atoms with E-state index in [1.54, 1.807) is 20.1 Å². The molecule has 176 valence electrons. The van der Waals surface area contributed by atoms with Gasteiger partial charge in [0.05, 0.1) is 29.3 Å². The third kappa shape index (κ3) is 4.34. The molecule has 0 radical (unpaired) electrons. The molecule has 3 aromatic rings. The van der Waals surface area contributed by atoms with Crippen LogP contribution in [0.1, 0.15) is 27.0 Å². The molecule has 4 rings (SSSR count). The van der Waals surface area contributed by atoms with Gasteiger partial charge < -0.3 is 19.6 Å². The Morgan fingerprint density at radius 1 is 1.15 bits per heavy atom. The van der Waals surface area contributed by atoms with Gasteiger partial charge in [0, 0.05) is 24.2 Å². The van der Waals surface area contributed by atoms with Crippen LogP contribution >= 0.6 is 11.3 Å². The molecule has 1 unspecified atom stereocenters. The predicted octanol–water partition coefficient (Wildman–Crippen LogP) is 4.27. The van der Waals surface area contributed by atoms with E-state index in [0.717, 1.165) is 5.56 Å². The van der Waals surface area contributed by atoms with E-state index in [1.807, 2.05) is 67.5 Å². The lowest BCUT2D eigenvalue weighted by Crippen LogP contribution is -2.36. The van der Waals surface area contributed by atoms with Crippen LogP contribution in [0, 0.1) is 6.92 Å². The molecule has 0 saturated carbocycles. The van der Waals surface area contributed by atoms with Crippen molar-refractivity contribution >= 4 is 23.0 Å². The van der Waals surface area contributed by atoms with Gasteiger partial charge in [0.1, 0.15) is 10.8 Å². The number of nitrogens with zero attached hydrogens (tertiary/aromatic N) is 3. The van der Waals surface area contributed by atoms with Crippen molar-refractivity contribution in [1.82, 2.24) is 14.8 Å². The van der Waals surface area contributed by atoms with E-state index < -0.39 is 23.5 Å². The van der Waals surface area contributed by atoms with Crippen molar-refractivity contribution in [3.63, 3.8) is 0 Å². The minimum absolute atomic E-state index is 0.0552. The second-order valence-electron chi connectivity index (χ2n) is 8.34. The molecule has 8 heteroatoms. The Balaban J connectivity index is 1.80. The van der Waals surface area contributed by atoms with E-state index in [2.05, 4.69) is 4.98 Å². The molecular formula is C26H27N3O4S. The molecule has 0 saturated heterocycles. The number of carbonyl (C=O) groups is 2. The first-order chi connectivity index (χ1) is 16.3. The maximum absolute atomic E-state index is 13.9. The Morgan fingerprint density at radius 3 is 2.50 bits per heavy atom. The molecule has 7 nitrogen and oxygen atoms in total. The number of rotatable bonds is 8. The molecule has 0 aliphatic carbocycles. The SMILES string of the molecule is COc1ccccc1C1C(C(=O)c2sc(-c3ccccc3)nc2C)=C(O)C(=O)N1CCN(C)C. The van der Waals surface area contributed by atoms with E-state index in [-0.39, 0.29) is 5.57 Å². The van der Waals surface area contributed by atoms with Gasteiger partial charge in [-0.05, 0) is 27.1 Å². The van der Waals surface area contributed by atoms with Gasteiger partial charge in [0.25, 0.3) is 5.91 Å². The average molecular weight is 478 g/mol. The summed E-state index contributed by atoms with van der Waals surface area (Å²) in [6, 6.07) is 16.1. The number of likely N-dealkylation sites (N-methyl/N-ethyl adjacent to an activating group) is 1. The standard InChI is InChI=1S/C26H27N3O4S/c1-16-24(34-25(27-16)17-10-6-5-7-11-17)22(30)20-21(18-12-8-9-13-19(18)33-4)29(15-14-28(2)3)26(32)23(20)31/h5-13,21,31H,14-15H2,1-4H3. The first-order valence-corrected chi connectivity index (χ1v) is 11.7. The van der Waals surface area contributed by atoms with Gasteiger partial charge in [-0.3, -0.25) is 9.59 Å². The van der Waals surface area contributed by atoms with Gasteiger partial charge in [0.15, 0.2) is 5.76 Å². The highest BCUT2D eigenvalue weighted by Crippen LogP contribution is 2.43. The van der Waals surface area contributed by atoms with Crippen molar-refractivity contribution in [2.45, 2.75) is 13.0 Å². The number of ketones is 1. The molecule has 1 amide bonds. The number of hydrogen-bond donors (Lipinski definition) is 1. The molecule has 34 heavy (non-hydrogen) atoms. The summed E-state index contributed by atoms with van der Waals surface area (Å²) < 4.78 is 5.55. The van der Waals surface area contributed by atoms with Crippen LogP contribution in [-0.2, 0) is 4.79 Å². The Labute approximate surface area is 202 Å². The van der Waals surface area contributed by atoms with Crippen molar-refractivity contribution in [2.75, 3.05) is 34.3 Å². The molecule has 1 aromatic heterocycles. The summed E-state index contributed by atoms with van der Waals surface area (Å²) in [6.07, 6.45) is 0. The second kappa shape index (κ2) is 9.79. The fraction of sp³-hybridized carbons (Fsp3) is 0.269. The van der Waals surface area contributed by atoms with E-state index in [9.17, 15) is 14.7 Å². The number of aliphatic hydroxyl groups excluding tert-OH is 1. The molecule has 2 aromatic carbocycles. The topological polar surface area (TPSA) is 83.0 Å². The maximum Gasteiger partial charge on any atom is 0.290 e. The quantitative estimate of drug-likeness (QED) is 0.488. The average Bonchev–Trinajstić information content (AvgIpc) is 3.35. The zero-order valence-electron chi connectivity index (χ0n) is 19.6. The number of ether oxygens (including phenoxy) is 1. The Bertz CT molecular complexity index is 1250. The highest BCUT2D eigenvalue weighted by Gasteiger charge is 2.45. The smallest absolute Gasteiger partial charge is 0.290 e. The molecule has 2 heterocycles. The summed E-state index contributed by atoms with van der Waals surface area (Å²) in [6.45, 7) is 2.68. The zero-order chi connectivity index (χ0) is 24.4. The molecule has 1 N–H and O–H groups in total.